The van der Waals surface area contributed by atoms with Crippen LogP contribution in [0.25, 0.3) is 5.65 Å². The van der Waals surface area contributed by atoms with Crippen LogP contribution < -0.4 is 11.0 Å². The molecule has 1 atom stereocenters. The van der Waals surface area contributed by atoms with Crippen molar-refractivity contribution in [3.05, 3.63) is 29.1 Å². The number of nitrogens with one attached hydrogen (secondary N) is 1. The summed E-state index contributed by atoms with van der Waals surface area (Å²) in [6, 6.07) is 0.188. The van der Waals surface area contributed by atoms with Crippen LogP contribution in [0.4, 0.5) is 0 Å². The third-order valence-electron chi connectivity index (χ3n) is 3.24. The highest BCUT2D eigenvalue weighted by atomic mass is 16.2. The molecule has 0 saturated carbocycles. The Hall–Kier alpha value is -1.69. The van der Waals surface area contributed by atoms with Gasteiger partial charge in [-0.2, -0.15) is 0 Å². The first-order chi connectivity index (χ1) is 8.93. The van der Waals surface area contributed by atoms with Crippen molar-refractivity contribution in [3.8, 4) is 0 Å². The van der Waals surface area contributed by atoms with Gasteiger partial charge in [0.2, 0.25) is 0 Å². The minimum atomic E-state index is -0.121. The fraction of sp³-hybridized carbons (Fsp3) is 0.615. The second-order valence-electron chi connectivity index (χ2n) is 5.75. The lowest BCUT2D eigenvalue weighted by Gasteiger charge is -2.30. The SMILES string of the molecule is CCNC(Cn1nc2cnccn2c1=O)C(C)(C)C. The van der Waals surface area contributed by atoms with Crippen LogP contribution in [0.1, 0.15) is 27.7 Å². The molecule has 2 heterocycles. The molecule has 1 unspecified atom stereocenters. The van der Waals surface area contributed by atoms with E-state index in [0.29, 0.717) is 12.2 Å². The highest BCUT2D eigenvalue weighted by molar-refractivity contribution is 5.31. The first-order valence-electron chi connectivity index (χ1n) is 6.56. The Labute approximate surface area is 112 Å². The summed E-state index contributed by atoms with van der Waals surface area (Å²) in [6.07, 6.45) is 4.82. The number of aromatic nitrogens is 4. The lowest BCUT2D eigenvalue weighted by molar-refractivity contribution is 0.236. The standard InChI is InChI=1S/C13H21N5O/c1-5-15-10(13(2,3)4)9-18-12(19)17-7-6-14-8-11(17)16-18/h6-8,10,15H,5,9H2,1-4H3. The summed E-state index contributed by atoms with van der Waals surface area (Å²) in [5, 5.41) is 7.73. The average molecular weight is 263 g/mol. The molecule has 0 aliphatic carbocycles. The van der Waals surface area contributed by atoms with Crippen molar-refractivity contribution in [1.82, 2.24) is 24.5 Å². The van der Waals surface area contributed by atoms with Crippen molar-refractivity contribution in [2.24, 2.45) is 5.41 Å². The second-order valence-corrected chi connectivity index (χ2v) is 5.75. The van der Waals surface area contributed by atoms with Crippen LogP contribution in [-0.4, -0.2) is 31.8 Å². The lowest BCUT2D eigenvalue weighted by Crippen LogP contribution is -2.45. The highest BCUT2D eigenvalue weighted by Crippen LogP contribution is 2.20. The first kappa shape index (κ1) is 13.7. The number of rotatable bonds is 4. The Morgan fingerprint density at radius 1 is 1.42 bits per heavy atom. The van der Waals surface area contributed by atoms with Gasteiger partial charge in [-0.05, 0) is 12.0 Å². The van der Waals surface area contributed by atoms with Crippen molar-refractivity contribution >= 4 is 5.65 Å². The molecule has 1 N–H and O–H groups in total. The molecular formula is C13H21N5O. The average Bonchev–Trinajstić information content (AvgIpc) is 2.65. The predicted octanol–water partition coefficient (Wildman–Crippen LogP) is 0.915. The molecule has 0 bridgehead atoms. The summed E-state index contributed by atoms with van der Waals surface area (Å²) >= 11 is 0. The summed E-state index contributed by atoms with van der Waals surface area (Å²) < 4.78 is 3.02. The number of hydrogen-bond acceptors (Lipinski definition) is 4. The van der Waals surface area contributed by atoms with Crippen molar-refractivity contribution in [3.63, 3.8) is 0 Å². The van der Waals surface area contributed by atoms with E-state index < -0.39 is 0 Å². The van der Waals surface area contributed by atoms with E-state index in [2.05, 4.69) is 43.1 Å². The summed E-state index contributed by atoms with van der Waals surface area (Å²) in [6.45, 7) is 9.95. The maximum absolute atomic E-state index is 12.2. The van der Waals surface area contributed by atoms with E-state index in [9.17, 15) is 4.79 Å². The molecule has 0 aliphatic heterocycles. The van der Waals surface area contributed by atoms with E-state index in [0.717, 1.165) is 6.54 Å². The molecule has 2 aromatic rings. The molecule has 2 rings (SSSR count). The van der Waals surface area contributed by atoms with E-state index in [1.54, 1.807) is 18.6 Å². The van der Waals surface area contributed by atoms with Gasteiger partial charge < -0.3 is 5.32 Å². The summed E-state index contributed by atoms with van der Waals surface area (Å²) in [5.41, 5.74) is 0.518. The topological polar surface area (TPSA) is 64.2 Å². The third kappa shape index (κ3) is 2.84. The molecule has 0 spiro atoms. The fourth-order valence-corrected chi connectivity index (χ4v) is 2.06. The number of nitrogens with zero attached hydrogens (tertiary/aromatic N) is 4. The van der Waals surface area contributed by atoms with Gasteiger partial charge in [-0.3, -0.25) is 4.98 Å². The minimum Gasteiger partial charge on any atom is -0.312 e. The largest absolute Gasteiger partial charge is 0.350 e. The van der Waals surface area contributed by atoms with Crippen LogP contribution in [0, 0.1) is 5.41 Å². The lowest BCUT2D eigenvalue weighted by atomic mass is 9.86. The molecule has 6 nitrogen and oxygen atoms in total. The van der Waals surface area contributed by atoms with Gasteiger partial charge in [0, 0.05) is 18.4 Å². The zero-order valence-electron chi connectivity index (χ0n) is 11.9. The van der Waals surface area contributed by atoms with Crippen LogP contribution in [-0.2, 0) is 6.54 Å². The first-order valence-corrected chi connectivity index (χ1v) is 6.56. The molecule has 104 valence electrons. The van der Waals surface area contributed by atoms with Crippen LogP contribution in [0.5, 0.6) is 0 Å². The highest BCUT2D eigenvalue weighted by Gasteiger charge is 2.25. The van der Waals surface area contributed by atoms with Gasteiger partial charge in [0.15, 0.2) is 5.65 Å². The van der Waals surface area contributed by atoms with Crippen molar-refractivity contribution in [2.75, 3.05) is 6.54 Å². The number of likely N-dealkylation sites (N-methyl/N-ethyl adjacent to an activating group) is 1. The Morgan fingerprint density at radius 2 is 2.16 bits per heavy atom. The monoisotopic (exact) mass is 263 g/mol. The van der Waals surface area contributed by atoms with Crippen LogP contribution in [0.15, 0.2) is 23.4 Å². The molecule has 6 heteroatoms. The van der Waals surface area contributed by atoms with E-state index in [4.69, 9.17) is 0 Å². The quantitative estimate of drug-likeness (QED) is 0.890. The van der Waals surface area contributed by atoms with E-state index >= 15 is 0 Å². The number of hydrogen-bond donors (Lipinski definition) is 1. The minimum absolute atomic E-state index is 0.0590. The summed E-state index contributed by atoms with van der Waals surface area (Å²) in [7, 11) is 0. The fourth-order valence-electron chi connectivity index (χ4n) is 2.06. The molecule has 0 saturated heterocycles. The molecule has 0 radical (unpaired) electrons. The van der Waals surface area contributed by atoms with Crippen molar-refractivity contribution < 1.29 is 0 Å². The van der Waals surface area contributed by atoms with Crippen molar-refractivity contribution in [1.29, 1.82) is 0 Å². The van der Waals surface area contributed by atoms with Gasteiger partial charge in [0.05, 0.1) is 12.7 Å². The number of fused-ring (bicyclic) bond motifs is 1. The Bertz CT molecular complexity index is 607. The molecule has 0 aliphatic rings. The Morgan fingerprint density at radius 3 is 2.74 bits per heavy atom. The van der Waals surface area contributed by atoms with E-state index in [-0.39, 0.29) is 17.1 Å². The smallest absolute Gasteiger partial charge is 0.312 e. The zero-order valence-corrected chi connectivity index (χ0v) is 11.9. The van der Waals surface area contributed by atoms with Gasteiger partial charge in [-0.1, -0.05) is 27.7 Å². The van der Waals surface area contributed by atoms with Crippen molar-refractivity contribution in [2.45, 2.75) is 40.3 Å². The second kappa shape index (κ2) is 5.13. The zero-order chi connectivity index (χ0) is 14.0. The van der Waals surface area contributed by atoms with Gasteiger partial charge in [-0.25, -0.2) is 13.9 Å². The summed E-state index contributed by atoms with van der Waals surface area (Å²) in [5.74, 6) is 0. The van der Waals surface area contributed by atoms with Gasteiger partial charge >= 0.3 is 5.69 Å². The third-order valence-corrected chi connectivity index (χ3v) is 3.24. The predicted molar refractivity (Wildman–Crippen MR) is 74.2 cm³/mol. The maximum Gasteiger partial charge on any atom is 0.350 e. The Balaban J connectivity index is 2.34. The van der Waals surface area contributed by atoms with E-state index in [1.807, 2.05) is 0 Å². The van der Waals surface area contributed by atoms with Crippen LogP contribution in [0.3, 0.4) is 0 Å². The molecule has 0 aromatic carbocycles. The van der Waals surface area contributed by atoms with Crippen LogP contribution in [0.2, 0.25) is 0 Å². The summed E-state index contributed by atoms with van der Waals surface area (Å²) in [4.78, 5) is 16.2. The van der Waals surface area contributed by atoms with Gasteiger partial charge in [0.25, 0.3) is 0 Å². The molecule has 2 aromatic heterocycles. The van der Waals surface area contributed by atoms with Gasteiger partial charge in [0.1, 0.15) is 0 Å². The normalized spacial score (nSPS) is 13.9. The Kier molecular flexibility index (Phi) is 3.71. The molecule has 19 heavy (non-hydrogen) atoms. The van der Waals surface area contributed by atoms with E-state index in [1.165, 1.54) is 9.08 Å². The molecule has 0 amide bonds. The molecular weight excluding hydrogens is 242 g/mol. The molecule has 0 fully saturated rings. The maximum atomic E-state index is 12.2. The van der Waals surface area contributed by atoms with Gasteiger partial charge in [-0.15, -0.1) is 5.10 Å². The van der Waals surface area contributed by atoms with Crippen LogP contribution >= 0.6 is 0 Å².